The lowest BCUT2D eigenvalue weighted by atomic mass is 9.96. The van der Waals surface area contributed by atoms with Crippen LogP contribution in [-0.2, 0) is 11.3 Å². The number of hydrogen-bond acceptors (Lipinski definition) is 4. The van der Waals surface area contributed by atoms with E-state index in [9.17, 15) is 14.4 Å². The van der Waals surface area contributed by atoms with Gasteiger partial charge in [-0.05, 0) is 48.1 Å². The number of carbonyl (C=O) groups is 1. The first kappa shape index (κ1) is 20.9. The highest BCUT2D eigenvalue weighted by molar-refractivity contribution is 5.78. The van der Waals surface area contributed by atoms with Gasteiger partial charge < -0.3 is 15.6 Å². The van der Waals surface area contributed by atoms with Crippen LogP contribution < -0.4 is 21.9 Å². The number of H-pyrrole nitrogens is 1. The summed E-state index contributed by atoms with van der Waals surface area (Å²) in [4.78, 5) is 42.6. The molecule has 3 aromatic rings. The highest BCUT2D eigenvalue weighted by Crippen LogP contribution is 2.27. The summed E-state index contributed by atoms with van der Waals surface area (Å²) in [5.74, 6) is -0.199. The number of piperidine rings is 1. The van der Waals surface area contributed by atoms with Gasteiger partial charge in [-0.3, -0.25) is 14.2 Å². The number of amides is 1. The summed E-state index contributed by atoms with van der Waals surface area (Å²) in [7, 11) is 0. The number of nitrogens with zero attached hydrogens (tertiary/aromatic N) is 2. The number of benzene rings is 2. The van der Waals surface area contributed by atoms with E-state index < -0.39 is 5.69 Å². The summed E-state index contributed by atoms with van der Waals surface area (Å²) in [6.07, 6.45) is 1.66. The van der Waals surface area contributed by atoms with Gasteiger partial charge in [-0.25, -0.2) is 4.79 Å². The molecule has 7 heteroatoms. The number of carbonyl (C=O) groups excluding carboxylic acids is 1. The van der Waals surface area contributed by atoms with Gasteiger partial charge in [0.15, 0.2) is 0 Å². The fraction of sp³-hybridized carbons (Fsp3) is 0.375. The first-order chi connectivity index (χ1) is 14.8. The van der Waals surface area contributed by atoms with E-state index in [4.69, 9.17) is 5.73 Å². The average Bonchev–Trinajstić information content (AvgIpc) is 2.76. The molecule has 1 saturated heterocycles. The second-order valence-corrected chi connectivity index (χ2v) is 8.60. The van der Waals surface area contributed by atoms with Gasteiger partial charge in [-0.2, -0.15) is 0 Å². The van der Waals surface area contributed by atoms with Crippen LogP contribution in [0.15, 0.2) is 52.1 Å². The third-order valence-electron chi connectivity index (χ3n) is 6.16. The maximum absolute atomic E-state index is 13.2. The van der Waals surface area contributed by atoms with E-state index in [0.29, 0.717) is 17.4 Å². The first-order valence-corrected chi connectivity index (χ1v) is 10.7. The Hall–Kier alpha value is -3.35. The van der Waals surface area contributed by atoms with E-state index in [0.717, 1.165) is 36.2 Å². The van der Waals surface area contributed by atoms with E-state index in [2.05, 4.69) is 23.7 Å². The standard InChI is InChI=1S/C24H28N4O3/c1-15(2)16-9-10-20-19(12-16)23(30)28(24(31)26-20)14-17-6-3-4-8-21(17)27-11-5-7-18(13-27)22(25)29/h3-4,6,8-10,12,15,18H,5,7,11,13-14H2,1-2H3,(H2,25,29)(H,26,31). The monoisotopic (exact) mass is 420 g/mol. The molecule has 1 unspecified atom stereocenters. The van der Waals surface area contributed by atoms with Gasteiger partial charge in [0.05, 0.1) is 23.4 Å². The van der Waals surface area contributed by atoms with Crippen molar-refractivity contribution in [1.82, 2.24) is 9.55 Å². The quantitative estimate of drug-likeness (QED) is 0.662. The Balaban J connectivity index is 1.74. The Morgan fingerprint density at radius 2 is 1.97 bits per heavy atom. The zero-order valence-electron chi connectivity index (χ0n) is 17.9. The summed E-state index contributed by atoms with van der Waals surface area (Å²) < 4.78 is 1.25. The number of fused-ring (bicyclic) bond motifs is 1. The van der Waals surface area contributed by atoms with Crippen molar-refractivity contribution >= 4 is 22.5 Å². The second kappa shape index (κ2) is 8.41. The summed E-state index contributed by atoms with van der Waals surface area (Å²) >= 11 is 0. The van der Waals surface area contributed by atoms with Crippen molar-refractivity contribution in [3.05, 3.63) is 74.4 Å². The molecule has 1 fully saturated rings. The van der Waals surface area contributed by atoms with Crippen molar-refractivity contribution in [3.63, 3.8) is 0 Å². The number of nitrogens with one attached hydrogen (secondary N) is 1. The van der Waals surface area contributed by atoms with Crippen LogP contribution in [0.4, 0.5) is 5.69 Å². The Kier molecular flexibility index (Phi) is 5.67. The highest BCUT2D eigenvalue weighted by atomic mass is 16.2. The molecule has 3 N–H and O–H groups in total. The highest BCUT2D eigenvalue weighted by Gasteiger charge is 2.25. The van der Waals surface area contributed by atoms with Crippen LogP contribution in [-0.4, -0.2) is 28.5 Å². The molecule has 162 valence electrons. The lowest BCUT2D eigenvalue weighted by Crippen LogP contribution is -2.42. The van der Waals surface area contributed by atoms with E-state index in [1.54, 1.807) is 6.07 Å². The van der Waals surface area contributed by atoms with Gasteiger partial charge >= 0.3 is 5.69 Å². The molecule has 0 aliphatic carbocycles. The van der Waals surface area contributed by atoms with Crippen molar-refractivity contribution in [2.24, 2.45) is 11.7 Å². The maximum Gasteiger partial charge on any atom is 0.329 e. The van der Waals surface area contributed by atoms with Crippen LogP contribution in [0.1, 0.15) is 43.7 Å². The predicted molar refractivity (Wildman–Crippen MR) is 123 cm³/mol. The number of primary amides is 1. The molecule has 0 radical (unpaired) electrons. The SMILES string of the molecule is CC(C)c1ccc2[nH]c(=O)n(Cc3ccccc3N3CCCC(C(N)=O)C3)c(=O)c2c1. The Morgan fingerprint density at radius 1 is 1.19 bits per heavy atom. The molecular formula is C24H28N4O3. The minimum Gasteiger partial charge on any atom is -0.370 e. The minimum atomic E-state index is -0.432. The molecule has 1 aliphatic heterocycles. The molecule has 2 aromatic carbocycles. The van der Waals surface area contributed by atoms with Gasteiger partial charge in [0.1, 0.15) is 0 Å². The van der Waals surface area contributed by atoms with Crippen LogP contribution in [0.5, 0.6) is 0 Å². The Bertz CT molecular complexity index is 1240. The van der Waals surface area contributed by atoms with E-state index in [-0.39, 0.29) is 29.8 Å². The molecule has 4 rings (SSSR count). The zero-order valence-corrected chi connectivity index (χ0v) is 17.9. The Morgan fingerprint density at radius 3 is 2.71 bits per heavy atom. The number of rotatable bonds is 5. The fourth-order valence-corrected chi connectivity index (χ4v) is 4.32. The third kappa shape index (κ3) is 4.13. The molecule has 0 spiro atoms. The lowest BCUT2D eigenvalue weighted by Gasteiger charge is -2.34. The van der Waals surface area contributed by atoms with Crippen molar-refractivity contribution in [1.29, 1.82) is 0 Å². The molecule has 1 atom stereocenters. The van der Waals surface area contributed by atoms with Crippen molar-refractivity contribution in [2.45, 2.75) is 39.2 Å². The number of aromatic amines is 1. The van der Waals surface area contributed by atoms with Gasteiger partial charge in [-0.1, -0.05) is 38.1 Å². The molecule has 1 amide bonds. The molecule has 0 bridgehead atoms. The number of aromatic nitrogens is 2. The van der Waals surface area contributed by atoms with Gasteiger partial charge in [-0.15, -0.1) is 0 Å². The van der Waals surface area contributed by atoms with Crippen molar-refractivity contribution < 1.29 is 4.79 Å². The zero-order chi connectivity index (χ0) is 22.1. The number of hydrogen-bond donors (Lipinski definition) is 2. The normalized spacial score (nSPS) is 16.7. The van der Waals surface area contributed by atoms with E-state index in [1.807, 2.05) is 36.4 Å². The number of para-hydroxylation sites is 1. The second-order valence-electron chi connectivity index (χ2n) is 8.60. The van der Waals surface area contributed by atoms with Crippen molar-refractivity contribution in [2.75, 3.05) is 18.0 Å². The number of anilines is 1. The summed E-state index contributed by atoms with van der Waals surface area (Å²) in [5, 5.41) is 0.509. The smallest absolute Gasteiger partial charge is 0.329 e. The van der Waals surface area contributed by atoms with Crippen LogP contribution >= 0.6 is 0 Å². The molecule has 1 aromatic heterocycles. The predicted octanol–water partition coefficient (Wildman–Crippen LogP) is 2.56. The molecule has 2 heterocycles. The summed E-state index contributed by atoms with van der Waals surface area (Å²) in [6.45, 7) is 5.65. The van der Waals surface area contributed by atoms with E-state index >= 15 is 0 Å². The number of nitrogens with two attached hydrogens (primary N) is 1. The molecule has 31 heavy (non-hydrogen) atoms. The fourth-order valence-electron chi connectivity index (χ4n) is 4.32. The van der Waals surface area contributed by atoms with Crippen LogP contribution in [0.2, 0.25) is 0 Å². The van der Waals surface area contributed by atoms with Crippen LogP contribution in [0, 0.1) is 5.92 Å². The summed E-state index contributed by atoms with van der Waals surface area (Å²) in [5.41, 5.74) is 8.19. The van der Waals surface area contributed by atoms with Crippen molar-refractivity contribution in [3.8, 4) is 0 Å². The van der Waals surface area contributed by atoms with Crippen LogP contribution in [0.25, 0.3) is 10.9 Å². The minimum absolute atomic E-state index is 0.157. The molecular weight excluding hydrogens is 392 g/mol. The largest absolute Gasteiger partial charge is 0.370 e. The van der Waals surface area contributed by atoms with Gasteiger partial charge in [0, 0.05) is 18.8 Å². The lowest BCUT2D eigenvalue weighted by molar-refractivity contribution is -0.122. The third-order valence-corrected chi connectivity index (χ3v) is 6.16. The topological polar surface area (TPSA) is 101 Å². The summed E-state index contributed by atoms with van der Waals surface area (Å²) in [6, 6.07) is 13.3. The molecule has 7 nitrogen and oxygen atoms in total. The maximum atomic E-state index is 13.2. The first-order valence-electron chi connectivity index (χ1n) is 10.7. The van der Waals surface area contributed by atoms with Gasteiger partial charge in [0.2, 0.25) is 5.91 Å². The molecule has 0 saturated carbocycles. The van der Waals surface area contributed by atoms with Crippen LogP contribution in [0.3, 0.4) is 0 Å². The Labute approximate surface area is 180 Å². The average molecular weight is 421 g/mol. The van der Waals surface area contributed by atoms with E-state index in [1.165, 1.54) is 4.57 Å². The van der Waals surface area contributed by atoms with Gasteiger partial charge in [0.25, 0.3) is 5.56 Å². The molecule has 1 aliphatic rings.